The molecule has 0 bridgehead atoms. The average Bonchev–Trinajstić information content (AvgIpc) is 2.96. The second-order valence-electron chi connectivity index (χ2n) is 4.92. The van der Waals surface area contributed by atoms with Crippen molar-refractivity contribution < 1.29 is 4.79 Å². The van der Waals surface area contributed by atoms with Gasteiger partial charge in [-0.25, -0.2) is 0 Å². The lowest BCUT2D eigenvalue weighted by Crippen LogP contribution is -2.25. The van der Waals surface area contributed by atoms with Crippen molar-refractivity contribution in [1.82, 2.24) is 0 Å². The summed E-state index contributed by atoms with van der Waals surface area (Å²) in [5, 5.41) is 0. The van der Waals surface area contributed by atoms with Crippen molar-refractivity contribution in [3.8, 4) is 0 Å². The second kappa shape index (κ2) is 6.71. The Kier molecular flexibility index (Phi) is 4.96. The van der Waals surface area contributed by atoms with Crippen molar-refractivity contribution in [2.75, 3.05) is 18.5 Å². The van der Waals surface area contributed by atoms with Crippen LogP contribution in [-0.2, 0) is 12.8 Å². The van der Waals surface area contributed by atoms with E-state index >= 15 is 0 Å². The maximum atomic E-state index is 12.2. The van der Waals surface area contributed by atoms with E-state index in [1.54, 1.807) is 11.3 Å². The van der Waals surface area contributed by atoms with Crippen LogP contribution in [-0.4, -0.2) is 19.4 Å². The fourth-order valence-corrected chi connectivity index (χ4v) is 2.97. The molecule has 0 amide bonds. The molecule has 2 nitrogen and oxygen atoms in total. The molecular formula is C17H21NOS. The summed E-state index contributed by atoms with van der Waals surface area (Å²) in [5.41, 5.74) is 2.40. The number of benzene rings is 1. The molecule has 1 aromatic carbocycles. The van der Waals surface area contributed by atoms with Gasteiger partial charge in [-0.2, -0.15) is 0 Å². The van der Waals surface area contributed by atoms with Crippen LogP contribution in [0.25, 0.3) is 0 Å². The van der Waals surface area contributed by atoms with E-state index in [0.717, 1.165) is 23.4 Å². The van der Waals surface area contributed by atoms with Gasteiger partial charge in [-0.15, -0.1) is 11.3 Å². The Hall–Kier alpha value is -1.61. The number of rotatable bonds is 6. The Balaban J connectivity index is 2.02. The molecule has 0 atom stereocenters. The van der Waals surface area contributed by atoms with E-state index in [1.807, 2.05) is 24.1 Å². The number of carbonyl (C=O) groups is 1. The van der Waals surface area contributed by atoms with Crippen LogP contribution in [0.15, 0.2) is 36.4 Å². The number of thiophene rings is 1. The highest BCUT2D eigenvalue weighted by molar-refractivity contribution is 7.14. The summed E-state index contributed by atoms with van der Waals surface area (Å²) in [7, 11) is 1.97. The predicted octanol–water partition coefficient (Wildman–Crippen LogP) is 4.19. The van der Waals surface area contributed by atoms with E-state index in [-0.39, 0.29) is 5.78 Å². The Bertz CT molecular complexity index is 571. The van der Waals surface area contributed by atoms with Gasteiger partial charge in [0.25, 0.3) is 0 Å². The summed E-state index contributed by atoms with van der Waals surface area (Å²) < 4.78 is 0. The van der Waals surface area contributed by atoms with Crippen LogP contribution in [0.2, 0.25) is 0 Å². The molecule has 0 unspecified atom stereocenters. The van der Waals surface area contributed by atoms with Gasteiger partial charge in [-0.1, -0.05) is 26.0 Å². The molecule has 0 saturated heterocycles. The lowest BCUT2D eigenvalue weighted by atomic mass is 10.1. The Morgan fingerprint density at radius 3 is 2.30 bits per heavy atom. The highest BCUT2D eigenvalue weighted by atomic mass is 32.1. The molecule has 3 heteroatoms. The van der Waals surface area contributed by atoms with Gasteiger partial charge in [0.05, 0.1) is 11.4 Å². The summed E-state index contributed by atoms with van der Waals surface area (Å²) in [6.07, 6.45) is 2.03. The summed E-state index contributed by atoms with van der Waals surface area (Å²) in [6, 6.07) is 12.4. The van der Waals surface area contributed by atoms with Crippen molar-refractivity contribution >= 4 is 22.8 Å². The molecule has 0 spiro atoms. The van der Waals surface area contributed by atoms with Crippen molar-refractivity contribution in [2.24, 2.45) is 0 Å². The number of anilines is 1. The number of carbonyl (C=O) groups excluding carboxylic acids is 1. The number of ketones is 1. The van der Waals surface area contributed by atoms with E-state index < -0.39 is 0 Å². The molecule has 20 heavy (non-hydrogen) atoms. The molecule has 1 aromatic heterocycles. The first-order valence-corrected chi connectivity index (χ1v) is 7.87. The van der Waals surface area contributed by atoms with E-state index in [0.29, 0.717) is 6.54 Å². The van der Waals surface area contributed by atoms with Crippen LogP contribution in [0, 0.1) is 0 Å². The van der Waals surface area contributed by atoms with Gasteiger partial charge in [-0.05, 0) is 42.7 Å². The molecule has 0 saturated carbocycles. The highest BCUT2D eigenvalue weighted by Gasteiger charge is 2.12. The number of likely N-dealkylation sites (N-methyl/N-ethyl adjacent to an activating group) is 1. The van der Waals surface area contributed by atoms with E-state index in [4.69, 9.17) is 0 Å². The standard InChI is InChI=1S/C17H21NOS/c1-4-13-6-8-14(9-7-13)18(3)12-16(19)17-11-10-15(5-2)20-17/h6-11H,4-5,12H2,1-3H3. The molecule has 2 aromatic rings. The number of hydrogen-bond acceptors (Lipinski definition) is 3. The van der Waals surface area contributed by atoms with Crippen molar-refractivity contribution in [2.45, 2.75) is 26.7 Å². The Morgan fingerprint density at radius 2 is 1.75 bits per heavy atom. The highest BCUT2D eigenvalue weighted by Crippen LogP contribution is 2.19. The minimum atomic E-state index is 0.191. The van der Waals surface area contributed by atoms with Gasteiger partial charge < -0.3 is 4.90 Å². The first-order valence-electron chi connectivity index (χ1n) is 7.06. The molecule has 2 rings (SSSR count). The average molecular weight is 287 g/mol. The SMILES string of the molecule is CCc1ccc(N(C)CC(=O)c2ccc(CC)s2)cc1. The zero-order chi connectivity index (χ0) is 14.5. The Labute approximate surface area is 125 Å². The summed E-state index contributed by atoms with van der Waals surface area (Å²) in [6.45, 7) is 4.68. The zero-order valence-corrected chi connectivity index (χ0v) is 13.2. The third-order valence-electron chi connectivity index (χ3n) is 3.45. The number of nitrogens with zero attached hydrogens (tertiary/aromatic N) is 1. The number of Topliss-reactive ketones (excluding diaryl/α,β-unsaturated/α-hetero) is 1. The fraction of sp³-hybridized carbons (Fsp3) is 0.353. The first kappa shape index (κ1) is 14.8. The van der Waals surface area contributed by atoms with Crippen LogP contribution < -0.4 is 4.90 Å². The minimum absolute atomic E-state index is 0.191. The third kappa shape index (κ3) is 3.48. The van der Waals surface area contributed by atoms with Crippen molar-refractivity contribution in [3.63, 3.8) is 0 Å². The lowest BCUT2D eigenvalue weighted by molar-refractivity contribution is 0.100. The molecule has 1 heterocycles. The van der Waals surface area contributed by atoms with Crippen LogP contribution in [0.3, 0.4) is 0 Å². The predicted molar refractivity (Wildman–Crippen MR) is 87.1 cm³/mol. The molecule has 0 radical (unpaired) electrons. The number of hydrogen-bond donors (Lipinski definition) is 0. The van der Waals surface area contributed by atoms with E-state index in [2.05, 4.69) is 38.1 Å². The van der Waals surface area contributed by atoms with Gasteiger partial charge in [0, 0.05) is 17.6 Å². The molecule has 0 aliphatic rings. The molecule has 0 aliphatic heterocycles. The number of aryl methyl sites for hydroxylation is 2. The van der Waals surface area contributed by atoms with Crippen molar-refractivity contribution in [3.05, 3.63) is 51.7 Å². The fourth-order valence-electron chi connectivity index (χ4n) is 2.09. The van der Waals surface area contributed by atoms with Gasteiger partial charge in [-0.3, -0.25) is 4.79 Å². The van der Waals surface area contributed by atoms with Gasteiger partial charge in [0.2, 0.25) is 0 Å². The van der Waals surface area contributed by atoms with Crippen LogP contribution in [0.5, 0.6) is 0 Å². The Morgan fingerprint density at radius 1 is 1.05 bits per heavy atom. The summed E-state index contributed by atoms with van der Waals surface area (Å²) >= 11 is 1.61. The van der Waals surface area contributed by atoms with Gasteiger partial charge in [0.15, 0.2) is 5.78 Å². The lowest BCUT2D eigenvalue weighted by Gasteiger charge is -2.18. The molecule has 106 valence electrons. The summed E-state index contributed by atoms with van der Waals surface area (Å²) in [5.74, 6) is 0.191. The first-order chi connectivity index (χ1) is 9.63. The smallest absolute Gasteiger partial charge is 0.191 e. The minimum Gasteiger partial charge on any atom is -0.367 e. The largest absolute Gasteiger partial charge is 0.367 e. The topological polar surface area (TPSA) is 20.3 Å². The van der Waals surface area contributed by atoms with E-state index in [1.165, 1.54) is 10.4 Å². The summed E-state index contributed by atoms with van der Waals surface area (Å²) in [4.78, 5) is 16.4. The van der Waals surface area contributed by atoms with Crippen LogP contribution >= 0.6 is 11.3 Å². The zero-order valence-electron chi connectivity index (χ0n) is 12.3. The van der Waals surface area contributed by atoms with Gasteiger partial charge in [0.1, 0.15) is 0 Å². The monoisotopic (exact) mass is 287 g/mol. The van der Waals surface area contributed by atoms with Crippen LogP contribution in [0.4, 0.5) is 5.69 Å². The van der Waals surface area contributed by atoms with Crippen LogP contribution in [0.1, 0.15) is 34.0 Å². The molecule has 0 N–H and O–H groups in total. The molecule has 0 aliphatic carbocycles. The van der Waals surface area contributed by atoms with E-state index in [9.17, 15) is 4.79 Å². The maximum Gasteiger partial charge on any atom is 0.191 e. The second-order valence-corrected chi connectivity index (χ2v) is 6.09. The van der Waals surface area contributed by atoms with Gasteiger partial charge >= 0.3 is 0 Å². The van der Waals surface area contributed by atoms with Crippen molar-refractivity contribution in [1.29, 1.82) is 0 Å². The molecular weight excluding hydrogens is 266 g/mol. The third-order valence-corrected chi connectivity index (χ3v) is 4.72. The maximum absolute atomic E-state index is 12.2. The quantitative estimate of drug-likeness (QED) is 0.742. The molecule has 0 fully saturated rings. The normalized spacial score (nSPS) is 10.6.